The van der Waals surface area contributed by atoms with Crippen LogP contribution in [0.15, 0.2) is 45.9 Å². The smallest absolute Gasteiger partial charge is 0.122 e. The maximum atomic E-state index is 5.96. The van der Waals surface area contributed by atoms with Crippen molar-refractivity contribution in [3.63, 3.8) is 0 Å². The van der Waals surface area contributed by atoms with E-state index < -0.39 is 0 Å². The van der Waals surface area contributed by atoms with Gasteiger partial charge in [0, 0.05) is 15.6 Å². The molecule has 0 amide bonds. The van der Waals surface area contributed by atoms with Crippen LogP contribution in [0.3, 0.4) is 0 Å². The summed E-state index contributed by atoms with van der Waals surface area (Å²) in [6.45, 7) is 0.668. The first-order chi connectivity index (χ1) is 7.79. The highest BCUT2D eigenvalue weighted by Gasteiger charge is 2.03. The zero-order chi connectivity index (χ0) is 11.4. The van der Waals surface area contributed by atoms with E-state index in [-0.39, 0.29) is 0 Å². The Hall–Kier alpha value is -1.06. The van der Waals surface area contributed by atoms with Crippen molar-refractivity contribution in [1.29, 1.82) is 0 Å². The van der Waals surface area contributed by atoms with Gasteiger partial charge in [-0.15, -0.1) is 11.8 Å². The second-order valence-corrected chi connectivity index (χ2v) is 4.56. The lowest BCUT2D eigenvalue weighted by Gasteiger charge is -2.09. The predicted molar refractivity (Wildman–Crippen MR) is 69.3 cm³/mol. The van der Waals surface area contributed by atoms with Gasteiger partial charge < -0.3 is 9.73 Å². The number of anilines is 1. The lowest BCUT2D eigenvalue weighted by Crippen LogP contribution is -1.99. The number of thioether (sulfide) groups is 1. The van der Waals surface area contributed by atoms with Gasteiger partial charge in [0.1, 0.15) is 5.76 Å². The fourth-order valence-corrected chi connectivity index (χ4v) is 2.14. The van der Waals surface area contributed by atoms with Gasteiger partial charge in [-0.25, -0.2) is 0 Å². The van der Waals surface area contributed by atoms with Crippen molar-refractivity contribution in [1.82, 2.24) is 0 Å². The van der Waals surface area contributed by atoms with E-state index in [2.05, 4.69) is 5.32 Å². The average molecular weight is 254 g/mol. The molecule has 2 aromatic rings. The van der Waals surface area contributed by atoms with Crippen LogP contribution in [0.1, 0.15) is 5.76 Å². The second-order valence-electron chi connectivity index (χ2n) is 3.28. The zero-order valence-electron chi connectivity index (χ0n) is 8.87. The molecule has 0 aliphatic carbocycles. The number of nitrogens with one attached hydrogen (secondary N) is 1. The number of rotatable bonds is 4. The third-order valence-electron chi connectivity index (χ3n) is 2.19. The molecule has 1 aromatic carbocycles. The molecular weight excluding hydrogens is 242 g/mol. The first-order valence-electron chi connectivity index (χ1n) is 4.89. The minimum absolute atomic E-state index is 0.668. The molecule has 2 rings (SSSR count). The van der Waals surface area contributed by atoms with E-state index >= 15 is 0 Å². The Labute approximate surface area is 104 Å². The number of hydrogen-bond donors (Lipinski definition) is 1. The van der Waals surface area contributed by atoms with Crippen molar-refractivity contribution in [2.24, 2.45) is 0 Å². The third kappa shape index (κ3) is 2.74. The predicted octanol–water partition coefficient (Wildman–Crippen LogP) is 4.27. The van der Waals surface area contributed by atoms with Gasteiger partial charge >= 0.3 is 0 Å². The van der Waals surface area contributed by atoms with Gasteiger partial charge in [0.15, 0.2) is 0 Å². The summed E-state index contributed by atoms with van der Waals surface area (Å²) in [6.07, 6.45) is 3.71. The molecular formula is C12H12ClNOS. The summed E-state index contributed by atoms with van der Waals surface area (Å²) in [6, 6.07) is 9.65. The largest absolute Gasteiger partial charge is 0.467 e. The molecule has 1 N–H and O–H groups in total. The summed E-state index contributed by atoms with van der Waals surface area (Å²) in [5.41, 5.74) is 1.04. The van der Waals surface area contributed by atoms with Crippen molar-refractivity contribution >= 4 is 29.1 Å². The van der Waals surface area contributed by atoms with Gasteiger partial charge in [0.05, 0.1) is 12.8 Å². The number of furan rings is 1. The Bertz CT molecular complexity index is 456. The summed E-state index contributed by atoms with van der Waals surface area (Å²) in [4.78, 5) is 1.18. The van der Waals surface area contributed by atoms with Crippen LogP contribution in [-0.2, 0) is 6.54 Å². The standard InChI is InChI=1S/C12H12ClNOS/c1-16-12-5-4-9(13)7-11(12)14-8-10-3-2-6-15-10/h2-7,14H,8H2,1H3. The molecule has 0 aliphatic heterocycles. The van der Waals surface area contributed by atoms with Gasteiger partial charge in [-0.2, -0.15) is 0 Å². The molecule has 0 bridgehead atoms. The van der Waals surface area contributed by atoms with Crippen LogP contribution in [0.25, 0.3) is 0 Å². The Morgan fingerprint density at radius 2 is 2.25 bits per heavy atom. The first-order valence-corrected chi connectivity index (χ1v) is 6.49. The van der Waals surface area contributed by atoms with Crippen molar-refractivity contribution in [2.75, 3.05) is 11.6 Å². The lowest BCUT2D eigenvalue weighted by atomic mass is 10.3. The molecule has 0 unspecified atom stereocenters. The summed E-state index contributed by atoms with van der Waals surface area (Å²) in [5.74, 6) is 0.909. The number of benzene rings is 1. The highest BCUT2D eigenvalue weighted by molar-refractivity contribution is 7.98. The number of halogens is 1. The van der Waals surface area contributed by atoms with E-state index in [0.717, 1.165) is 16.5 Å². The minimum atomic E-state index is 0.668. The second kappa shape index (κ2) is 5.32. The molecule has 0 radical (unpaired) electrons. The van der Waals surface area contributed by atoms with E-state index in [0.29, 0.717) is 6.54 Å². The Kier molecular flexibility index (Phi) is 3.80. The zero-order valence-corrected chi connectivity index (χ0v) is 10.4. The van der Waals surface area contributed by atoms with Crippen molar-refractivity contribution in [3.05, 3.63) is 47.4 Å². The molecule has 84 valence electrons. The molecule has 0 saturated carbocycles. The van der Waals surface area contributed by atoms with Crippen LogP contribution >= 0.6 is 23.4 Å². The van der Waals surface area contributed by atoms with Crippen LogP contribution in [-0.4, -0.2) is 6.26 Å². The molecule has 16 heavy (non-hydrogen) atoms. The topological polar surface area (TPSA) is 25.2 Å². The molecule has 1 aromatic heterocycles. The van der Waals surface area contributed by atoms with Crippen LogP contribution in [0.4, 0.5) is 5.69 Å². The van der Waals surface area contributed by atoms with Crippen LogP contribution < -0.4 is 5.32 Å². The van der Waals surface area contributed by atoms with E-state index in [1.807, 2.05) is 36.6 Å². The Morgan fingerprint density at radius 1 is 1.38 bits per heavy atom. The molecule has 0 spiro atoms. The summed E-state index contributed by atoms with van der Waals surface area (Å²) >= 11 is 7.65. The van der Waals surface area contributed by atoms with Crippen molar-refractivity contribution in [2.45, 2.75) is 11.4 Å². The van der Waals surface area contributed by atoms with Crippen LogP contribution in [0.2, 0.25) is 5.02 Å². The summed E-state index contributed by atoms with van der Waals surface area (Å²) < 4.78 is 5.26. The van der Waals surface area contributed by atoms with E-state index in [4.69, 9.17) is 16.0 Å². The molecule has 2 nitrogen and oxygen atoms in total. The highest BCUT2D eigenvalue weighted by Crippen LogP contribution is 2.28. The molecule has 0 saturated heterocycles. The normalized spacial score (nSPS) is 10.4. The highest BCUT2D eigenvalue weighted by atomic mass is 35.5. The fourth-order valence-electron chi connectivity index (χ4n) is 1.41. The Morgan fingerprint density at radius 3 is 2.94 bits per heavy atom. The molecule has 4 heteroatoms. The monoisotopic (exact) mass is 253 g/mol. The van der Waals surface area contributed by atoms with Gasteiger partial charge in [0.25, 0.3) is 0 Å². The summed E-state index contributed by atoms with van der Waals surface area (Å²) in [5, 5.41) is 4.04. The Balaban J connectivity index is 2.11. The maximum Gasteiger partial charge on any atom is 0.122 e. The van der Waals surface area contributed by atoms with Gasteiger partial charge in [-0.05, 0) is 36.6 Å². The van der Waals surface area contributed by atoms with Crippen molar-refractivity contribution < 1.29 is 4.42 Å². The first kappa shape index (κ1) is 11.4. The van der Waals surface area contributed by atoms with Gasteiger partial charge in [0.2, 0.25) is 0 Å². The van der Waals surface area contributed by atoms with E-state index in [1.165, 1.54) is 4.90 Å². The minimum Gasteiger partial charge on any atom is -0.467 e. The molecule has 1 heterocycles. The molecule has 0 atom stereocenters. The quantitative estimate of drug-likeness (QED) is 0.824. The molecule has 0 aliphatic rings. The van der Waals surface area contributed by atoms with E-state index in [1.54, 1.807) is 18.0 Å². The van der Waals surface area contributed by atoms with Crippen LogP contribution in [0, 0.1) is 0 Å². The van der Waals surface area contributed by atoms with Gasteiger partial charge in [-0.1, -0.05) is 11.6 Å². The average Bonchev–Trinajstić information content (AvgIpc) is 2.79. The SMILES string of the molecule is CSc1ccc(Cl)cc1NCc1ccco1. The summed E-state index contributed by atoms with van der Waals surface area (Å²) in [7, 11) is 0. The fraction of sp³-hybridized carbons (Fsp3) is 0.167. The maximum absolute atomic E-state index is 5.96. The van der Waals surface area contributed by atoms with Gasteiger partial charge in [-0.3, -0.25) is 0 Å². The van der Waals surface area contributed by atoms with E-state index in [9.17, 15) is 0 Å². The third-order valence-corrected chi connectivity index (χ3v) is 3.23. The number of hydrogen-bond acceptors (Lipinski definition) is 3. The lowest BCUT2D eigenvalue weighted by molar-refractivity contribution is 0.518. The van der Waals surface area contributed by atoms with Crippen molar-refractivity contribution in [3.8, 4) is 0 Å². The molecule has 0 fully saturated rings. The van der Waals surface area contributed by atoms with Crippen LogP contribution in [0.5, 0.6) is 0 Å².